The van der Waals surface area contributed by atoms with Gasteiger partial charge >= 0.3 is 12.0 Å². The van der Waals surface area contributed by atoms with Crippen LogP contribution in [0.25, 0.3) is 0 Å². The van der Waals surface area contributed by atoms with E-state index in [0.29, 0.717) is 12.8 Å². The number of likely N-dealkylation sites (N-methyl/N-ethyl adjacent to an activating group) is 1. The molecule has 0 atom stereocenters. The van der Waals surface area contributed by atoms with Crippen molar-refractivity contribution in [2.24, 2.45) is 0 Å². The molecule has 1 aliphatic carbocycles. The number of hydrogen-bond acceptors (Lipinski definition) is 4. The molecule has 4 N–H and O–H groups in total. The molecular formula is C12H21N3O5. The van der Waals surface area contributed by atoms with E-state index >= 15 is 0 Å². The number of urea groups is 1. The number of carboxylic acid groups (broad SMARTS) is 1. The van der Waals surface area contributed by atoms with Crippen LogP contribution in [0.5, 0.6) is 0 Å². The normalized spacial score (nSPS) is 16.5. The third-order valence-corrected chi connectivity index (χ3v) is 3.25. The van der Waals surface area contributed by atoms with Crippen LogP contribution in [0.1, 0.15) is 25.7 Å². The van der Waals surface area contributed by atoms with Gasteiger partial charge in [0.25, 0.3) is 0 Å². The monoisotopic (exact) mass is 287 g/mol. The first-order chi connectivity index (χ1) is 9.32. The molecule has 0 spiro atoms. The average Bonchev–Trinajstić information content (AvgIpc) is 2.79. The molecule has 1 saturated carbocycles. The summed E-state index contributed by atoms with van der Waals surface area (Å²) in [5, 5.41) is 23.0. The van der Waals surface area contributed by atoms with Crippen LogP contribution in [0.3, 0.4) is 0 Å². The van der Waals surface area contributed by atoms with E-state index in [1.54, 1.807) is 7.05 Å². The smallest absolute Gasteiger partial charge is 0.322 e. The molecule has 3 amide bonds. The second kappa shape index (κ2) is 7.09. The van der Waals surface area contributed by atoms with Crippen LogP contribution in [0.15, 0.2) is 0 Å². The fourth-order valence-electron chi connectivity index (χ4n) is 2.23. The maximum Gasteiger partial charge on any atom is 0.322 e. The third kappa shape index (κ3) is 5.43. The van der Waals surface area contributed by atoms with E-state index in [-0.39, 0.29) is 13.1 Å². The Kier molecular flexibility index (Phi) is 5.75. The Morgan fingerprint density at radius 3 is 2.30 bits per heavy atom. The molecule has 1 fully saturated rings. The molecule has 0 bridgehead atoms. The molecule has 0 saturated heterocycles. The van der Waals surface area contributed by atoms with Crippen molar-refractivity contribution in [2.75, 3.05) is 26.7 Å². The minimum atomic E-state index is -1.15. The van der Waals surface area contributed by atoms with E-state index in [4.69, 9.17) is 5.11 Å². The maximum atomic E-state index is 11.7. The van der Waals surface area contributed by atoms with Gasteiger partial charge in [-0.1, -0.05) is 12.8 Å². The van der Waals surface area contributed by atoms with Gasteiger partial charge in [-0.2, -0.15) is 0 Å². The van der Waals surface area contributed by atoms with Crippen LogP contribution < -0.4 is 10.6 Å². The largest absolute Gasteiger partial charge is 0.480 e. The molecule has 1 rings (SSSR count). The molecule has 0 aliphatic heterocycles. The Morgan fingerprint density at radius 1 is 1.15 bits per heavy atom. The summed E-state index contributed by atoms with van der Waals surface area (Å²) in [5.74, 6) is -1.72. The second-order valence-corrected chi connectivity index (χ2v) is 5.12. The van der Waals surface area contributed by atoms with Gasteiger partial charge in [-0.25, -0.2) is 4.79 Å². The Morgan fingerprint density at radius 2 is 1.75 bits per heavy atom. The number of nitrogens with zero attached hydrogens (tertiary/aromatic N) is 1. The number of amides is 3. The van der Waals surface area contributed by atoms with Crippen LogP contribution >= 0.6 is 0 Å². The van der Waals surface area contributed by atoms with E-state index in [1.165, 1.54) is 4.90 Å². The Labute approximate surface area is 117 Å². The van der Waals surface area contributed by atoms with Gasteiger partial charge < -0.3 is 25.7 Å². The summed E-state index contributed by atoms with van der Waals surface area (Å²) in [4.78, 5) is 34.5. The van der Waals surface area contributed by atoms with Crippen LogP contribution in [0.2, 0.25) is 0 Å². The van der Waals surface area contributed by atoms with Crippen molar-refractivity contribution in [3.63, 3.8) is 0 Å². The van der Waals surface area contributed by atoms with Crippen molar-refractivity contribution in [1.29, 1.82) is 0 Å². The lowest BCUT2D eigenvalue weighted by atomic mass is 10.0. The van der Waals surface area contributed by atoms with E-state index < -0.39 is 30.1 Å². The molecule has 8 heteroatoms. The molecule has 114 valence electrons. The van der Waals surface area contributed by atoms with Crippen molar-refractivity contribution in [1.82, 2.24) is 15.5 Å². The zero-order valence-electron chi connectivity index (χ0n) is 11.5. The number of aliphatic hydroxyl groups is 1. The third-order valence-electron chi connectivity index (χ3n) is 3.25. The zero-order valence-corrected chi connectivity index (χ0v) is 11.5. The van der Waals surface area contributed by atoms with Crippen molar-refractivity contribution < 1.29 is 24.6 Å². The van der Waals surface area contributed by atoms with Crippen LogP contribution in [0, 0.1) is 0 Å². The molecule has 0 aromatic rings. The summed E-state index contributed by atoms with van der Waals surface area (Å²) in [7, 11) is 1.54. The van der Waals surface area contributed by atoms with Gasteiger partial charge in [-0.3, -0.25) is 9.59 Å². The highest BCUT2D eigenvalue weighted by molar-refractivity contribution is 5.86. The molecule has 20 heavy (non-hydrogen) atoms. The molecule has 0 unspecified atom stereocenters. The van der Waals surface area contributed by atoms with E-state index in [1.807, 2.05) is 0 Å². The fourth-order valence-corrected chi connectivity index (χ4v) is 2.23. The van der Waals surface area contributed by atoms with Gasteiger partial charge in [0.15, 0.2) is 0 Å². The highest BCUT2D eigenvalue weighted by Crippen LogP contribution is 2.29. The standard InChI is InChI=1S/C12H21N3O5/c1-15(8-12(20)4-2-3-5-12)11(19)14-6-9(16)13-7-10(17)18/h20H,2-8H2,1H3,(H,13,16)(H,14,19)(H,17,18). The summed E-state index contributed by atoms with van der Waals surface area (Å²) < 4.78 is 0. The van der Waals surface area contributed by atoms with Gasteiger partial charge in [-0.05, 0) is 12.8 Å². The maximum absolute atomic E-state index is 11.7. The molecule has 0 heterocycles. The van der Waals surface area contributed by atoms with Crippen molar-refractivity contribution in [2.45, 2.75) is 31.3 Å². The topological polar surface area (TPSA) is 119 Å². The van der Waals surface area contributed by atoms with Crippen LogP contribution in [-0.4, -0.2) is 65.3 Å². The summed E-state index contributed by atoms with van der Waals surface area (Å²) in [5.41, 5.74) is -0.836. The van der Waals surface area contributed by atoms with Gasteiger partial charge in [0.05, 0.1) is 18.7 Å². The predicted octanol–water partition coefficient (Wildman–Crippen LogP) is -0.866. The number of carbonyl (C=O) groups excluding carboxylic acids is 2. The molecule has 0 aromatic carbocycles. The zero-order chi connectivity index (χ0) is 15.2. The van der Waals surface area contributed by atoms with E-state index in [9.17, 15) is 19.5 Å². The lowest BCUT2D eigenvalue weighted by molar-refractivity contribution is -0.137. The number of rotatable bonds is 6. The molecule has 0 aromatic heterocycles. The fraction of sp³-hybridized carbons (Fsp3) is 0.750. The average molecular weight is 287 g/mol. The minimum Gasteiger partial charge on any atom is -0.480 e. The Hall–Kier alpha value is -1.83. The van der Waals surface area contributed by atoms with Gasteiger partial charge in [-0.15, -0.1) is 0 Å². The Bertz CT molecular complexity index is 379. The SMILES string of the molecule is CN(CC1(O)CCCC1)C(=O)NCC(=O)NCC(=O)O. The van der Waals surface area contributed by atoms with Crippen molar-refractivity contribution in [3.8, 4) is 0 Å². The number of nitrogens with one attached hydrogen (secondary N) is 2. The number of carboxylic acids is 1. The van der Waals surface area contributed by atoms with Gasteiger partial charge in [0.1, 0.15) is 6.54 Å². The summed E-state index contributed by atoms with van der Waals surface area (Å²) in [6, 6.07) is -0.476. The predicted molar refractivity (Wildman–Crippen MR) is 70.1 cm³/mol. The number of hydrogen-bond donors (Lipinski definition) is 4. The van der Waals surface area contributed by atoms with Crippen LogP contribution in [0.4, 0.5) is 4.79 Å². The summed E-state index contributed by atoms with van der Waals surface area (Å²) >= 11 is 0. The molecular weight excluding hydrogens is 266 g/mol. The first-order valence-electron chi connectivity index (χ1n) is 6.52. The van der Waals surface area contributed by atoms with Crippen molar-refractivity contribution in [3.05, 3.63) is 0 Å². The van der Waals surface area contributed by atoms with E-state index in [2.05, 4.69) is 10.6 Å². The van der Waals surface area contributed by atoms with Crippen LogP contribution in [-0.2, 0) is 9.59 Å². The lowest BCUT2D eigenvalue weighted by Crippen LogP contribution is -2.48. The molecule has 1 aliphatic rings. The summed E-state index contributed by atoms with van der Waals surface area (Å²) in [6.07, 6.45) is 3.24. The Balaban J connectivity index is 2.27. The van der Waals surface area contributed by atoms with E-state index in [0.717, 1.165) is 12.8 Å². The van der Waals surface area contributed by atoms with Gasteiger partial charge in [0.2, 0.25) is 5.91 Å². The number of carbonyl (C=O) groups is 3. The van der Waals surface area contributed by atoms with Gasteiger partial charge in [0, 0.05) is 7.05 Å². The van der Waals surface area contributed by atoms with Crippen molar-refractivity contribution >= 4 is 17.9 Å². The molecule has 0 radical (unpaired) electrons. The highest BCUT2D eigenvalue weighted by Gasteiger charge is 2.33. The summed E-state index contributed by atoms with van der Waals surface area (Å²) in [6.45, 7) is -0.561. The first kappa shape index (κ1) is 16.2. The lowest BCUT2D eigenvalue weighted by Gasteiger charge is -2.28. The minimum absolute atomic E-state index is 0.218. The highest BCUT2D eigenvalue weighted by atomic mass is 16.4. The quantitative estimate of drug-likeness (QED) is 0.506. The first-order valence-corrected chi connectivity index (χ1v) is 6.52. The number of aliphatic carboxylic acids is 1. The second-order valence-electron chi connectivity index (χ2n) is 5.12. The molecule has 8 nitrogen and oxygen atoms in total.